The Kier molecular flexibility index (Phi) is 4.57. The summed E-state index contributed by atoms with van der Waals surface area (Å²) in [6.07, 6.45) is 7.02. The summed E-state index contributed by atoms with van der Waals surface area (Å²) in [5.41, 5.74) is 3.72. The van der Waals surface area contributed by atoms with Gasteiger partial charge in [0.2, 0.25) is 0 Å². The van der Waals surface area contributed by atoms with Crippen molar-refractivity contribution in [3.8, 4) is 11.5 Å². The molecule has 6 nitrogen and oxygen atoms in total. The van der Waals surface area contributed by atoms with Crippen molar-refractivity contribution in [3.05, 3.63) is 103 Å². The Hall–Kier alpha value is -4.19. The van der Waals surface area contributed by atoms with Crippen LogP contribution in [0, 0.1) is 0 Å². The fraction of sp³-hybridized carbons (Fsp3) is 0.0417. The number of nitrogens with one attached hydrogen (secondary N) is 1. The van der Waals surface area contributed by atoms with Crippen molar-refractivity contribution in [2.45, 2.75) is 6.54 Å². The Balaban J connectivity index is 1.48. The highest BCUT2D eigenvalue weighted by molar-refractivity contribution is 6.13. The average molecular weight is 394 g/mol. The second-order valence-corrected chi connectivity index (χ2v) is 6.94. The molecule has 0 saturated carbocycles. The van der Waals surface area contributed by atoms with Crippen molar-refractivity contribution in [1.29, 1.82) is 0 Å². The molecule has 6 heteroatoms. The van der Waals surface area contributed by atoms with Crippen LogP contribution in [0.3, 0.4) is 0 Å². The van der Waals surface area contributed by atoms with Crippen molar-refractivity contribution in [2.24, 2.45) is 0 Å². The standard InChI is InChI=1S/C24H18N4O2/c29-24(26-18-6-3-5-17(13-18)15-28-11-10-25-16-28)20-14-22(23-9-4-12-30-23)27-21-8-2-1-7-19(20)21/h1-14,16H,15H2,(H,26,29). The zero-order valence-electron chi connectivity index (χ0n) is 16.0. The van der Waals surface area contributed by atoms with Gasteiger partial charge in [-0.25, -0.2) is 9.97 Å². The lowest BCUT2D eigenvalue weighted by molar-refractivity contribution is 0.102. The minimum Gasteiger partial charge on any atom is -0.463 e. The molecule has 0 saturated heterocycles. The maximum absolute atomic E-state index is 13.2. The van der Waals surface area contributed by atoms with E-state index >= 15 is 0 Å². The number of furan rings is 1. The molecule has 1 amide bonds. The number of aromatic nitrogens is 3. The van der Waals surface area contributed by atoms with Gasteiger partial charge in [-0.05, 0) is 42.0 Å². The summed E-state index contributed by atoms with van der Waals surface area (Å²) >= 11 is 0. The second-order valence-electron chi connectivity index (χ2n) is 6.94. The molecule has 3 aromatic heterocycles. The Bertz CT molecular complexity index is 1310. The summed E-state index contributed by atoms with van der Waals surface area (Å²) in [6, 6.07) is 20.8. The number of para-hydroxylation sites is 1. The van der Waals surface area contributed by atoms with Crippen LogP contribution in [0.1, 0.15) is 15.9 Å². The van der Waals surface area contributed by atoms with Gasteiger partial charge < -0.3 is 14.3 Å². The number of anilines is 1. The monoisotopic (exact) mass is 394 g/mol. The number of nitrogens with zero attached hydrogens (tertiary/aromatic N) is 3. The van der Waals surface area contributed by atoms with E-state index < -0.39 is 0 Å². The van der Waals surface area contributed by atoms with Crippen LogP contribution >= 0.6 is 0 Å². The highest BCUT2D eigenvalue weighted by Gasteiger charge is 2.15. The molecule has 0 aliphatic carbocycles. The van der Waals surface area contributed by atoms with E-state index in [-0.39, 0.29) is 5.91 Å². The van der Waals surface area contributed by atoms with Gasteiger partial charge in [0, 0.05) is 30.0 Å². The number of carbonyl (C=O) groups is 1. The molecule has 30 heavy (non-hydrogen) atoms. The van der Waals surface area contributed by atoms with Gasteiger partial charge in [-0.2, -0.15) is 0 Å². The van der Waals surface area contributed by atoms with Gasteiger partial charge in [-0.15, -0.1) is 0 Å². The predicted molar refractivity (Wildman–Crippen MR) is 115 cm³/mol. The van der Waals surface area contributed by atoms with Gasteiger partial charge in [0.1, 0.15) is 5.69 Å². The summed E-state index contributed by atoms with van der Waals surface area (Å²) in [5, 5.41) is 3.81. The Morgan fingerprint density at radius 1 is 1.03 bits per heavy atom. The number of fused-ring (bicyclic) bond motifs is 1. The largest absolute Gasteiger partial charge is 0.463 e. The number of hydrogen-bond donors (Lipinski definition) is 1. The Morgan fingerprint density at radius 2 is 1.97 bits per heavy atom. The lowest BCUT2D eigenvalue weighted by atomic mass is 10.1. The maximum atomic E-state index is 13.2. The third-order valence-electron chi connectivity index (χ3n) is 4.84. The number of carbonyl (C=O) groups excluding carboxylic acids is 1. The molecule has 0 atom stereocenters. The highest BCUT2D eigenvalue weighted by Crippen LogP contribution is 2.26. The van der Waals surface area contributed by atoms with E-state index in [1.165, 1.54) is 0 Å². The number of pyridine rings is 1. The fourth-order valence-electron chi connectivity index (χ4n) is 3.45. The lowest BCUT2D eigenvalue weighted by Gasteiger charge is -2.11. The maximum Gasteiger partial charge on any atom is 0.256 e. The first kappa shape index (κ1) is 17.9. The van der Waals surface area contributed by atoms with E-state index in [0.717, 1.165) is 22.2 Å². The molecular formula is C24H18N4O2. The van der Waals surface area contributed by atoms with Crippen molar-refractivity contribution < 1.29 is 9.21 Å². The number of benzene rings is 2. The molecule has 3 heterocycles. The van der Waals surface area contributed by atoms with Crippen LogP contribution in [0.5, 0.6) is 0 Å². The molecular weight excluding hydrogens is 376 g/mol. The van der Waals surface area contributed by atoms with E-state index in [4.69, 9.17) is 4.42 Å². The number of imidazole rings is 1. The van der Waals surface area contributed by atoms with E-state index in [1.807, 2.05) is 65.4 Å². The topological polar surface area (TPSA) is 73.0 Å². The molecule has 5 rings (SSSR count). The fourth-order valence-corrected chi connectivity index (χ4v) is 3.45. The third kappa shape index (κ3) is 3.58. The molecule has 0 fully saturated rings. The first-order chi connectivity index (χ1) is 14.8. The van der Waals surface area contributed by atoms with Crippen LogP contribution in [0.15, 0.2) is 96.1 Å². The Morgan fingerprint density at radius 3 is 2.80 bits per heavy atom. The minimum atomic E-state index is -0.193. The van der Waals surface area contributed by atoms with Crippen LogP contribution in [0.25, 0.3) is 22.4 Å². The summed E-state index contributed by atoms with van der Waals surface area (Å²) in [7, 11) is 0. The van der Waals surface area contributed by atoms with Crippen LogP contribution in [-0.4, -0.2) is 20.4 Å². The molecule has 0 bridgehead atoms. The normalized spacial score (nSPS) is 10.9. The van der Waals surface area contributed by atoms with Crippen LogP contribution in [0.2, 0.25) is 0 Å². The third-order valence-corrected chi connectivity index (χ3v) is 4.84. The zero-order chi connectivity index (χ0) is 20.3. The van der Waals surface area contributed by atoms with E-state index in [9.17, 15) is 4.79 Å². The first-order valence-electron chi connectivity index (χ1n) is 9.56. The first-order valence-corrected chi connectivity index (χ1v) is 9.56. The molecule has 0 aliphatic rings. The molecule has 0 spiro atoms. The highest BCUT2D eigenvalue weighted by atomic mass is 16.3. The van der Waals surface area contributed by atoms with Gasteiger partial charge >= 0.3 is 0 Å². The van der Waals surface area contributed by atoms with Gasteiger partial charge in [0.15, 0.2) is 5.76 Å². The Labute approximate surface area is 172 Å². The van der Waals surface area contributed by atoms with Crippen molar-refractivity contribution in [1.82, 2.24) is 14.5 Å². The average Bonchev–Trinajstić information content (AvgIpc) is 3.47. The van der Waals surface area contributed by atoms with Crippen LogP contribution in [-0.2, 0) is 6.54 Å². The SMILES string of the molecule is O=C(Nc1cccc(Cn2ccnc2)c1)c1cc(-c2ccco2)nc2ccccc12. The quantitative estimate of drug-likeness (QED) is 0.456. The number of rotatable bonds is 5. The number of amides is 1. The van der Waals surface area contributed by atoms with E-state index in [0.29, 0.717) is 23.6 Å². The molecule has 146 valence electrons. The molecule has 0 unspecified atom stereocenters. The van der Waals surface area contributed by atoms with Gasteiger partial charge in [0.25, 0.3) is 5.91 Å². The molecule has 2 aromatic carbocycles. The van der Waals surface area contributed by atoms with E-state index in [1.54, 1.807) is 30.9 Å². The van der Waals surface area contributed by atoms with Crippen molar-refractivity contribution >= 4 is 22.5 Å². The van der Waals surface area contributed by atoms with Gasteiger partial charge in [-0.1, -0.05) is 30.3 Å². The summed E-state index contributed by atoms with van der Waals surface area (Å²) < 4.78 is 7.46. The second kappa shape index (κ2) is 7.67. The predicted octanol–water partition coefficient (Wildman–Crippen LogP) is 4.99. The molecule has 0 aliphatic heterocycles. The van der Waals surface area contributed by atoms with Crippen molar-refractivity contribution in [2.75, 3.05) is 5.32 Å². The molecule has 5 aromatic rings. The van der Waals surface area contributed by atoms with Gasteiger partial charge in [0.05, 0.1) is 23.7 Å². The molecule has 0 radical (unpaired) electrons. The van der Waals surface area contributed by atoms with Crippen molar-refractivity contribution in [3.63, 3.8) is 0 Å². The minimum absolute atomic E-state index is 0.193. The number of hydrogen-bond acceptors (Lipinski definition) is 4. The van der Waals surface area contributed by atoms with Crippen LogP contribution in [0.4, 0.5) is 5.69 Å². The summed E-state index contributed by atoms with van der Waals surface area (Å²) in [5.74, 6) is 0.429. The van der Waals surface area contributed by atoms with Crippen LogP contribution < -0.4 is 5.32 Å². The summed E-state index contributed by atoms with van der Waals surface area (Å²) in [6.45, 7) is 0.685. The smallest absolute Gasteiger partial charge is 0.256 e. The van der Waals surface area contributed by atoms with E-state index in [2.05, 4.69) is 15.3 Å². The summed E-state index contributed by atoms with van der Waals surface area (Å²) in [4.78, 5) is 21.9. The lowest BCUT2D eigenvalue weighted by Crippen LogP contribution is -2.13. The molecule has 1 N–H and O–H groups in total. The van der Waals surface area contributed by atoms with Gasteiger partial charge in [-0.3, -0.25) is 4.79 Å². The zero-order valence-corrected chi connectivity index (χ0v) is 16.0.